The first-order chi connectivity index (χ1) is 9.88. The minimum Gasteiger partial charge on any atom is -0.478 e. The fourth-order valence-corrected chi connectivity index (χ4v) is 3.23. The number of hydrogen-bond acceptors (Lipinski definition) is 4. The standard InChI is InChI=1S/C13H7BrClNO4S/c14-10-3-2-8(6-9(10)13(17)18)21-12-5-7(15)1-4-11(12)16(19)20/h1-6H,(H,17,18). The van der Waals surface area contributed by atoms with Crippen molar-refractivity contribution in [2.24, 2.45) is 0 Å². The van der Waals surface area contributed by atoms with E-state index in [2.05, 4.69) is 15.9 Å². The van der Waals surface area contributed by atoms with E-state index in [-0.39, 0.29) is 11.3 Å². The molecule has 2 aromatic carbocycles. The zero-order chi connectivity index (χ0) is 15.6. The minimum absolute atomic E-state index is 0.0795. The summed E-state index contributed by atoms with van der Waals surface area (Å²) in [4.78, 5) is 22.5. The second-order valence-electron chi connectivity index (χ2n) is 3.92. The largest absolute Gasteiger partial charge is 0.478 e. The van der Waals surface area contributed by atoms with Crippen molar-refractivity contribution in [3.05, 3.63) is 61.6 Å². The van der Waals surface area contributed by atoms with E-state index < -0.39 is 10.9 Å². The molecule has 0 spiro atoms. The van der Waals surface area contributed by atoms with Gasteiger partial charge in [0.1, 0.15) is 0 Å². The molecule has 0 aliphatic carbocycles. The fraction of sp³-hybridized carbons (Fsp3) is 0. The molecule has 5 nitrogen and oxygen atoms in total. The van der Waals surface area contributed by atoms with Gasteiger partial charge in [0.2, 0.25) is 0 Å². The molecule has 0 radical (unpaired) electrons. The van der Waals surface area contributed by atoms with Crippen molar-refractivity contribution in [2.75, 3.05) is 0 Å². The van der Waals surface area contributed by atoms with Crippen molar-refractivity contribution < 1.29 is 14.8 Å². The Bertz CT molecular complexity index is 738. The number of nitro benzene ring substituents is 1. The number of halogens is 2. The van der Waals surface area contributed by atoms with E-state index in [1.54, 1.807) is 12.1 Å². The predicted molar refractivity (Wildman–Crippen MR) is 83.3 cm³/mol. The Morgan fingerprint density at radius 1 is 1.29 bits per heavy atom. The molecule has 0 atom stereocenters. The molecule has 108 valence electrons. The van der Waals surface area contributed by atoms with Gasteiger partial charge < -0.3 is 5.11 Å². The number of hydrogen-bond donors (Lipinski definition) is 1. The van der Waals surface area contributed by atoms with Crippen molar-refractivity contribution in [1.29, 1.82) is 0 Å². The third-order valence-electron chi connectivity index (χ3n) is 2.51. The molecular formula is C13H7BrClNO4S. The lowest BCUT2D eigenvalue weighted by atomic mass is 10.2. The molecule has 2 rings (SSSR count). The summed E-state index contributed by atoms with van der Waals surface area (Å²) in [6, 6.07) is 8.94. The predicted octanol–water partition coefficient (Wildman–Crippen LogP) is 4.86. The van der Waals surface area contributed by atoms with Crippen LogP contribution in [0.15, 0.2) is 50.7 Å². The third-order valence-corrected chi connectivity index (χ3v) is 4.48. The number of nitro groups is 1. The summed E-state index contributed by atoms with van der Waals surface area (Å²) in [5.41, 5.74) is 0.00822. The van der Waals surface area contributed by atoms with Crippen LogP contribution in [0.5, 0.6) is 0 Å². The highest BCUT2D eigenvalue weighted by atomic mass is 79.9. The summed E-state index contributed by atoms with van der Waals surface area (Å²) >= 11 is 10.1. The molecule has 0 heterocycles. The molecule has 0 aromatic heterocycles. The first-order valence-corrected chi connectivity index (χ1v) is 7.52. The molecule has 0 aliphatic rings. The number of benzene rings is 2. The van der Waals surface area contributed by atoms with Gasteiger partial charge in [-0.1, -0.05) is 23.4 Å². The Kier molecular flexibility index (Phi) is 4.87. The molecule has 0 unspecified atom stereocenters. The van der Waals surface area contributed by atoms with E-state index in [4.69, 9.17) is 16.7 Å². The van der Waals surface area contributed by atoms with E-state index >= 15 is 0 Å². The van der Waals surface area contributed by atoms with Gasteiger partial charge in [-0.05, 0) is 46.3 Å². The average molecular weight is 389 g/mol. The Balaban J connectivity index is 2.43. The Morgan fingerprint density at radius 3 is 2.62 bits per heavy atom. The molecular weight excluding hydrogens is 382 g/mol. The summed E-state index contributed by atoms with van der Waals surface area (Å²) in [6.45, 7) is 0. The van der Waals surface area contributed by atoms with E-state index in [1.807, 2.05) is 0 Å². The topological polar surface area (TPSA) is 80.4 Å². The van der Waals surface area contributed by atoms with Gasteiger partial charge in [0.15, 0.2) is 0 Å². The van der Waals surface area contributed by atoms with Crippen LogP contribution >= 0.6 is 39.3 Å². The maximum Gasteiger partial charge on any atom is 0.336 e. The lowest BCUT2D eigenvalue weighted by Crippen LogP contribution is -1.97. The van der Waals surface area contributed by atoms with Crippen LogP contribution in [0.25, 0.3) is 0 Å². The lowest BCUT2D eigenvalue weighted by Gasteiger charge is -2.06. The van der Waals surface area contributed by atoms with Crippen molar-refractivity contribution >= 4 is 50.9 Å². The Morgan fingerprint density at radius 2 is 2.00 bits per heavy atom. The molecule has 0 amide bonds. The van der Waals surface area contributed by atoms with Gasteiger partial charge in [-0.3, -0.25) is 10.1 Å². The molecule has 21 heavy (non-hydrogen) atoms. The number of carboxylic acids is 1. The monoisotopic (exact) mass is 387 g/mol. The van der Waals surface area contributed by atoms with Crippen LogP contribution in [0, 0.1) is 10.1 Å². The molecule has 0 aliphatic heterocycles. The summed E-state index contributed by atoms with van der Waals surface area (Å²) in [5.74, 6) is -1.08. The number of rotatable bonds is 4. The van der Waals surface area contributed by atoms with Crippen LogP contribution in [0.2, 0.25) is 5.02 Å². The van der Waals surface area contributed by atoms with Crippen LogP contribution in [0.4, 0.5) is 5.69 Å². The highest BCUT2D eigenvalue weighted by Gasteiger charge is 2.16. The number of aromatic carboxylic acids is 1. The van der Waals surface area contributed by atoms with Gasteiger partial charge in [0.25, 0.3) is 5.69 Å². The summed E-state index contributed by atoms with van der Waals surface area (Å²) in [5, 5.41) is 20.4. The van der Waals surface area contributed by atoms with Crippen molar-refractivity contribution in [3.63, 3.8) is 0 Å². The molecule has 1 N–H and O–H groups in total. The van der Waals surface area contributed by atoms with E-state index in [1.165, 1.54) is 24.3 Å². The van der Waals surface area contributed by atoms with Gasteiger partial charge in [-0.25, -0.2) is 4.79 Å². The molecule has 0 saturated heterocycles. The SMILES string of the molecule is O=C(O)c1cc(Sc2cc(Cl)ccc2[N+](=O)[O-])ccc1Br. The molecule has 0 bridgehead atoms. The van der Waals surface area contributed by atoms with Gasteiger partial charge in [0, 0.05) is 20.5 Å². The summed E-state index contributed by atoms with van der Waals surface area (Å²) in [7, 11) is 0. The first kappa shape index (κ1) is 15.8. The van der Waals surface area contributed by atoms with Crippen molar-refractivity contribution in [1.82, 2.24) is 0 Å². The minimum atomic E-state index is -1.08. The van der Waals surface area contributed by atoms with E-state index in [9.17, 15) is 14.9 Å². The Labute approximate surface area is 137 Å². The van der Waals surface area contributed by atoms with Gasteiger partial charge in [-0.15, -0.1) is 0 Å². The van der Waals surface area contributed by atoms with Crippen molar-refractivity contribution in [3.8, 4) is 0 Å². The lowest BCUT2D eigenvalue weighted by molar-refractivity contribution is -0.387. The second-order valence-corrected chi connectivity index (χ2v) is 6.32. The van der Waals surface area contributed by atoms with E-state index in [0.717, 1.165) is 11.8 Å². The first-order valence-electron chi connectivity index (χ1n) is 5.53. The molecule has 8 heteroatoms. The smallest absolute Gasteiger partial charge is 0.336 e. The molecule has 0 fully saturated rings. The Hall–Kier alpha value is -1.57. The second kappa shape index (κ2) is 6.46. The zero-order valence-electron chi connectivity index (χ0n) is 10.2. The zero-order valence-corrected chi connectivity index (χ0v) is 13.4. The number of carbonyl (C=O) groups is 1. The van der Waals surface area contributed by atoms with Crippen LogP contribution in [-0.4, -0.2) is 16.0 Å². The van der Waals surface area contributed by atoms with Gasteiger partial charge in [0.05, 0.1) is 15.4 Å². The van der Waals surface area contributed by atoms with Crippen LogP contribution in [-0.2, 0) is 0 Å². The van der Waals surface area contributed by atoms with Gasteiger partial charge in [-0.2, -0.15) is 0 Å². The van der Waals surface area contributed by atoms with E-state index in [0.29, 0.717) is 19.3 Å². The highest BCUT2D eigenvalue weighted by molar-refractivity contribution is 9.10. The maximum atomic E-state index is 11.1. The summed E-state index contributed by atoms with van der Waals surface area (Å²) in [6.07, 6.45) is 0. The quantitative estimate of drug-likeness (QED) is 0.597. The summed E-state index contributed by atoms with van der Waals surface area (Å²) < 4.78 is 0.444. The molecule has 2 aromatic rings. The highest BCUT2D eigenvalue weighted by Crippen LogP contribution is 2.37. The molecule has 0 saturated carbocycles. The van der Waals surface area contributed by atoms with Crippen LogP contribution < -0.4 is 0 Å². The van der Waals surface area contributed by atoms with Crippen LogP contribution in [0.1, 0.15) is 10.4 Å². The fourth-order valence-electron chi connectivity index (χ4n) is 1.58. The maximum absolute atomic E-state index is 11.1. The third kappa shape index (κ3) is 3.75. The normalized spacial score (nSPS) is 10.4. The average Bonchev–Trinajstić information content (AvgIpc) is 2.40. The van der Waals surface area contributed by atoms with Crippen molar-refractivity contribution in [2.45, 2.75) is 9.79 Å². The number of carboxylic acid groups (broad SMARTS) is 1. The van der Waals surface area contributed by atoms with Gasteiger partial charge >= 0.3 is 5.97 Å². The van der Waals surface area contributed by atoms with Crippen LogP contribution in [0.3, 0.4) is 0 Å². The number of nitrogens with zero attached hydrogens (tertiary/aromatic N) is 1.